The van der Waals surface area contributed by atoms with Crippen LogP contribution in [0, 0.1) is 10.8 Å². The number of hydrogen-bond acceptors (Lipinski definition) is 5. The molecule has 1 aliphatic heterocycles. The fourth-order valence-electron chi connectivity index (χ4n) is 1.34. The molecule has 1 fully saturated rings. The summed E-state index contributed by atoms with van der Waals surface area (Å²) in [6.07, 6.45) is 0. The molecule has 0 spiro atoms. The molecule has 74 valence electrons. The van der Waals surface area contributed by atoms with Gasteiger partial charge in [-0.1, -0.05) is 12.1 Å². The molecule has 1 aliphatic rings. The van der Waals surface area contributed by atoms with E-state index in [-0.39, 0.29) is 17.1 Å². The van der Waals surface area contributed by atoms with Crippen LogP contribution in [-0.4, -0.2) is 29.6 Å². The third-order valence-electron chi connectivity index (χ3n) is 2.07. The van der Waals surface area contributed by atoms with Crippen LogP contribution in [0.1, 0.15) is 13.8 Å². The highest BCUT2D eigenvalue weighted by Crippen LogP contribution is 2.34. The number of rotatable bonds is 3. The van der Waals surface area contributed by atoms with Crippen LogP contribution >= 0.6 is 11.8 Å². The summed E-state index contributed by atoms with van der Waals surface area (Å²) in [7, 11) is 0. The highest BCUT2D eigenvalue weighted by Gasteiger charge is 2.40. The Bertz CT molecular complexity index is 210. The quantitative estimate of drug-likeness (QED) is 0.514. The molecule has 0 amide bonds. The Labute approximate surface area is 81.4 Å². The second-order valence-corrected chi connectivity index (χ2v) is 4.25. The zero-order valence-electron chi connectivity index (χ0n) is 7.73. The summed E-state index contributed by atoms with van der Waals surface area (Å²) in [5, 5.41) is 2.60. The molecule has 0 radical (unpaired) electrons. The van der Waals surface area contributed by atoms with Gasteiger partial charge >= 0.3 is 5.97 Å². The summed E-state index contributed by atoms with van der Waals surface area (Å²) in [6.45, 7) is 4.04. The number of nitrogens with zero attached hydrogens (tertiary/aromatic N) is 1. The second-order valence-electron chi connectivity index (χ2n) is 3.08. The average molecular weight is 203 g/mol. The summed E-state index contributed by atoms with van der Waals surface area (Å²) in [6, 6.07) is -0.413. The van der Waals surface area contributed by atoms with Crippen molar-refractivity contribution in [3.05, 3.63) is 4.91 Å². The fourth-order valence-corrected chi connectivity index (χ4v) is 2.77. The normalized spacial score (nSPS) is 32.9. The first kappa shape index (κ1) is 10.5. The van der Waals surface area contributed by atoms with E-state index < -0.39 is 6.04 Å². The van der Waals surface area contributed by atoms with E-state index in [0.717, 1.165) is 5.75 Å². The molecule has 3 atom stereocenters. The molecule has 0 bridgehead atoms. The molecular weight excluding hydrogens is 190 g/mol. The van der Waals surface area contributed by atoms with Gasteiger partial charge in [0.1, 0.15) is 11.3 Å². The smallest absolute Gasteiger partial charge is 0.321 e. The number of hydrogen-bond donors (Lipinski definition) is 0. The number of esters is 1. The molecule has 0 aromatic rings. The van der Waals surface area contributed by atoms with Crippen LogP contribution in [0.2, 0.25) is 0 Å². The van der Waals surface area contributed by atoms with Crippen LogP contribution in [0.3, 0.4) is 0 Å². The Morgan fingerprint density at radius 2 is 2.38 bits per heavy atom. The Morgan fingerprint density at radius 3 is 2.92 bits per heavy atom. The topological polar surface area (TPSA) is 55.7 Å². The van der Waals surface area contributed by atoms with Crippen molar-refractivity contribution < 1.29 is 9.53 Å². The maximum Gasteiger partial charge on any atom is 0.321 e. The molecule has 5 heteroatoms. The molecule has 0 saturated carbocycles. The molecule has 0 aromatic heterocycles. The monoisotopic (exact) mass is 203 g/mol. The molecule has 1 saturated heterocycles. The van der Waals surface area contributed by atoms with Gasteiger partial charge in [0, 0.05) is 0 Å². The van der Waals surface area contributed by atoms with Gasteiger partial charge in [-0.25, -0.2) is 0 Å². The van der Waals surface area contributed by atoms with E-state index in [4.69, 9.17) is 4.74 Å². The maximum atomic E-state index is 11.3. The number of nitroso groups, excluding NO2 is 1. The van der Waals surface area contributed by atoms with Crippen molar-refractivity contribution in [3.8, 4) is 0 Å². The van der Waals surface area contributed by atoms with Crippen LogP contribution in [0.5, 0.6) is 0 Å². The van der Waals surface area contributed by atoms with Gasteiger partial charge in [0.25, 0.3) is 0 Å². The van der Waals surface area contributed by atoms with Gasteiger partial charge in [-0.2, -0.15) is 4.91 Å². The van der Waals surface area contributed by atoms with Gasteiger partial charge in [0.2, 0.25) is 0 Å². The first-order valence-corrected chi connectivity index (χ1v) is 5.36. The van der Waals surface area contributed by atoms with E-state index in [1.807, 2.05) is 6.92 Å². The fraction of sp³-hybridized carbons (Fsp3) is 0.875. The lowest BCUT2D eigenvalue weighted by atomic mass is 10.0. The van der Waals surface area contributed by atoms with Crippen molar-refractivity contribution in [2.45, 2.75) is 25.1 Å². The van der Waals surface area contributed by atoms with Crippen molar-refractivity contribution in [2.24, 2.45) is 11.1 Å². The Hall–Kier alpha value is -0.580. The average Bonchev–Trinajstić information content (AvgIpc) is 2.47. The van der Waals surface area contributed by atoms with E-state index >= 15 is 0 Å². The first-order valence-electron chi connectivity index (χ1n) is 4.31. The minimum atomic E-state index is -0.413. The summed E-state index contributed by atoms with van der Waals surface area (Å²) in [5.41, 5.74) is 0. The largest absolute Gasteiger partial charge is 0.465 e. The zero-order chi connectivity index (χ0) is 9.84. The third kappa shape index (κ3) is 2.21. The second kappa shape index (κ2) is 4.60. The van der Waals surface area contributed by atoms with Gasteiger partial charge in [-0.3, -0.25) is 4.79 Å². The molecule has 0 aromatic carbocycles. The first-order chi connectivity index (χ1) is 6.20. The molecule has 1 rings (SSSR count). The van der Waals surface area contributed by atoms with Crippen LogP contribution in [-0.2, 0) is 9.53 Å². The minimum absolute atomic E-state index is 0.178. The predicted molar refractivity (Wildman–Crippen MR) is 51.6 cm³/mol. The number of ether oxygens (including phenoxy) is 1. The predicted octanol–water partition coefficient (Wildman–Crippen LogP) is 1.44. The lowest BCUT2D eigenvalue weighted by molar-refractivity contribution is -0.142. The van der Waals surface area contributed by atoms with E-state index in [1.54, 1.807) is 6.92 Å². The molecule has 0 aliphatic carbocycles. The molecular formula is C8H13NO3S. The van der Waals surface area contributed by atoms with Gasteiger partial charge in [0.05, 0.1) is 6.61 Å². The van der Waals surface area contributed by atoms with E-state index in [2.05, 4.69) is 5.18 Å². The molecule has 1 heterocycles. The highest BCUT2D eigenvalue weighted by atomic mass is 32.2. The molecule has 4 nitrogen and oxygen atoms in total. The lowest BCUT2D eigenvalue weighted by Crippen LogP contribution is -2.30. The van der Waals surface area contributed by atoms with Gasteiger partial charge in [-0.15, -0.1) is 11.8 Å². The molecule has 13 heavy (non-hydrogen) atoms. The van der Waals surface area contributed by atoms with E-state index in [9.17, 15) is 9.70 Å². The van der Waals surface area contributed by atoms with E-state index in [0.29, 0.717) is 6.61 Å². The van der Waals surface area contributed by atoms with Crippen LogP contribution in [0.15, 0.2) is 5.18 Å². The van der Waals surface area contributed by atoms with Gasteiger partial charge in [-0.05, 0) is 18.6 Å². The van der Waals surface area contributed by atoms with Crippen LogP contribution in [0.4, 0.5) is 0 Å². The number of carbonyl (C=O) groups is 1. The standard InChI is InChI=1S/C8H13NO3S/c1-3-12-8(10)7-6(9-11)5(2)4-13-7/h5-7H,3-4H2,1-2H3. The number of carbonyl (C=O) groups excluding carboxylic acids is 1. The third-order valence-corrected chi connectivity index (χ3v) is 3.62. The molecule has 3 unspecified atom stereocenters. The van der Waals surface area contributed by atoms with Gasteiger partial charge in [0.15, 0.2) is 0 Å². The Balaban J connectivity index is 2.59. The van der Waals surface area contributed by atoms with Crippen molar-refractivity contribution >= 4 is 17.7 Å². The lowest BCUT2D eigenvalue weighted by Gasteiger charge is -2.12. The minimum Gasteiger partial charge on any atom is -0.465 e. The van der Waals surface area contributed by atoms with Gasteiger partial charge < -0.3 is 4.74 Å². The summed E-state index contributed by atoms with van der Waals surface area (Å²) >= 11 is 1.46. The van der Waals surface area contributed by atoms with Crippen LogP contribution < -0.4 is 0 Å². The van der Waals surface area contributed by atoms with Crippen molar-refractivity contribution in [1.29, 1.82) is 0 Å². The summed E-state index contributed by atoms with van der Waals surface area (Å²) in [4.78, 5) is 21.8. The maximum absolute atomic E-state index is 11.3. The SMILES string of the molecule is CCOC(=O)C1SCC(C)C1N=O. The highest BCUT2D eigenvalue weighted by molar-refractivity contribution is 8.00. The van der Waals surface area contributed by atoms with Crippen molar-refractivity contribution in [1.82, 2.24) is 0 Å². The zero-order valence-corrected chi connectivity index (χ0v) is 8.54. The van der Waals surface area contributed by atoms with Crippen molar-refractivity contribution in [3.63, 3.8) is 0 Å². The Morgan fingerprint density at radius 1 is 1.69 bits per heavy atom. The summed E-state index contributed by atoms with van der Waals surface area (Å²) < 4.78 is 4.85. The Kier molecular flexibility index (Phi) is 3.71. The van der Waals surface area contributed by atoms with Crippen LogP contribution in [0.25, 0.3) is 0 Å². The van der Waals surface area contributed by atoms with Crippen molar-refractivity contribution in [2.75, 3.05) is 12.4 Å². The number of thioether (sulfide) groups is 1. The summed E-state index contributed by atoms with van der Waals surface area (Å²) in [5.74, 6) is 0.679. The molecule has 0 N–H and O–H groups in total. The van der Waals surface area contributed by atoms with E-state index in [1.165, 1.54) is 11.8 Å².